The van der Waals surface area contributed by atoms with E-state index < -0.39 is 10.0 Å². The Morgan fingerprint density at radius 3 is 2.42 bits per heavy atom. The van der Waals surface area contributed by atoms with E-state index in [4.69, 9.17) is 5.53 Å². The van der Waals surface area contributed by atoms with E-state index >= 15 is 0 Å². The molecule has 1 aromatic carbocycles. The smallest absolute Gasteiger partial charge is 0.207 e. The topological polar surface area (TPSA) is 94.9 Å². The molecule has 1 aliphatic carbocycles. The van der Waals surface area contributed by atoms with Crippen molar-refractivity contribution in [3.63, 3.8) is 0 Å². The average Bonchev–Trinajstić information content (AvgIpc) is 2.50. The molecule has 1 N–H and O–H groups in total. The lowest BCUT2D eigenvalue weighted by Gasteiger charge is -2.41. The molecule has 7 heteroatoms. The zero-order chi connectivity index (χ0) is 17.9. The minimum absolute atomic E-state index is 0.150. The Morgan fingerprint density at radius 1 is 1.25 bits per heavy atom. The SMILES string of the molecule is Cc1ccc(S(=O)(=O)N[C@H]2[C@H](N=[N+]=[N-])[C@H](C)CC[C@H]2C(C)C)cc1. The van der Waals surface area contributed by atoms with Gasteiger partial charge in [-0.25, -0.2) is 13.1 Å². The van der Waals surface area contributed by atoms with Crippen LogP contribution in [0.5, 0.6) is 0 Å². The van der Waals surface area contributed by atoms with E-state index in [1.165, 1.54) is 0 Å². The first-order valence-corrected chi connectivity index (χ1v) is 9.87. The van der Waals surface area contributed by atoms with Gasteiger partial charge in [-0.3, -0.25) is 0 Å². The Labute approximate surface area is 144 Å². The summed E-state index contributed by atoms with van der Waals surface area (Å²) in [5.74, 6) is 0.609. The molecule has 6 nitrogen and oxygen atoms in total. The second-order valence-corrected chi connectivity index (χ2v) is 8.83. The normalized spacial score (nSPS) is 27.7. The van der Waals surface area contributed by atoms with Crippen molar-refractivity contribution in [2.45, 2.75) is 57.5 Å². The summed E-state index contributed by atoms with van der Waals surface area (Å²) >= 11 is 0. The van der Waals surface area contributed by atoms with Gasteiger partial charge in [0.25, 0.3) is 0 Å². The molecule has 1 fully saturated rings. The van der Waals surface area contributed by atoms with Crippen LogP contribution < -0.4 is 4.72 Å². The van der Waals surface area contributed by atoms with Gasteiger partial charge in [0, 0.05) is 11.0 Å². The number of rotatable bonds is 5. The first kappa shape index (κ1) is 18.8. The number of azide groups is 1. The fourth-order valence-electron chi connectivity index (χ4n) is 3.53. The Morgan fingerprint density at radius 2 is 1.88 bits per heavy atom. The number of sulfonamides is 1. The van der Waals surface area contributed by atoms with Crippen LogP contribution in [-0.2, 0) is 10.0 Å². The molecule has 0 heterocycles. The van der Waals surface area contributed by atoms with Gasteiger partial charge in [0.15, 0.2) is 0 Å². The maximum absolute atomic E-state index is 12.8. The summed E-state index contributed by atoms with van der Waals surface area (Å²) in [4.78, 5) is 3.20. The molecule has 0 aromatic heterocycles. The summed E-state index contributed by atoms with van der Waals surface area (Å²) in [6, 6.07) is 6.03. The fourth-order valence-corrected chi connectivity index (χ4v) is 4.83. The maximum atomic E-state index is 12.8. The molecule has 0 saturated heterocycles. The zero-order valence-corrected chi connectivity index (χ0v) is 15.5. The second-order valence-electron chi connectivity index (χ2n) is 7.12. The highest BCUT2D eigenvalue weighted by Gasteiger charge is 2.40. The van der Waals surface area contributed by atoms with Crippen molar-refractivity contribution in [2.24, 2.45) is 22.9 Å². The Kier molecular flexibility index (Phi) is 5.91. The lowest BCUT2D eigenvalue weighted by Crippen LogP contribution is -2.53. The van der Waals surface area contributed by atoms with Gasteiger partial charge in [-0.15, -0.1) is 0 Å². The quantitative estimate of drug-likeness (QED) is 0.493. The molecular weight excluding hydrogens is 324 g/mol. The van der Waals surface area contributed by atoms with Gasteiger partial charge >= 0.3 is 0 Å². The van der Waals surface area contributed by atoms with Gasteiger partial charge in [0.05, 0.1) is 10.9 Å². The summed E-state index contributed by atoms with van der Waals surface area (Å²) in [5.41, 5.74) is 9.91. The van der Waals surface area contributed by atoms with E-state index in [1.54, 1.807) is 24.3 Å². The Bertz CT molecular complexity index is 709. The number of nitrogens with one attached hydrogen (secondary N) is 1. The van der Waals surface area contributed by atoms with Gasteiger partial charge in [-0.2, -0.15) is 0 Å². The van der Waals surface area contributed by atoms with Crippen molar-refractivity contribution in [3.8, 4) is 0 Å². The predicted octanol–water partition coefficient (Wildman–Crippen LogP) is 4.02. The number of benzene rings is 1. The number of hydrogen-bond acceptors (Lipinski definition) is 3. The van der Waals surface area contributed by atoms with Gasteiger partial charge in [0.1, 0.15) is 0 Å². The molecule has 0 radical (unpaired) electrons. The van der Waals surface area contributed by atoms with E-state index in [0.717, 1.165) is 18.4 Å². The van der Waals surface area contributed by atoms with Crippen LogP contribution in [0, 0.1) is 24.7 Å². The summed E-state index contributed by atoms with van der Waals surface area (Å²) in [6.45, 7) is 8.10. The minimum Gasteiger partial charge on any atom is -0.207 e. The Balaban J connectivity index is 2.36. The lowest BCUT2D eigenvalue weighted by molar-refractivity contribution is 0.160. The second kappa shape index (κ2) is 7.55. The Hall–Kier alpha value is -1.56. The van der Waals surface area contributed by atoms with Crippen molar-refractivity contribution >= 4 is 10.0 Å². The van der Waals surface area contributed by atoms with Gasteiger partial charge in [-0.05, 0) is 55.2 Å². The zero-order valence-electron chi connectivity index (χ0n) is 14.7. The molecule has 1 aliphatic rings. The molecule has 0 unspecified atom stereocenters. The van der Waals surface area contributed by atoms with Gasteiger partial charge in [0.2, 0.25) is 10.0 Å². The van der Waals surface area contributed by atoms with Crippen LogP contribution in [0.2, 0.25) is 0 Å². The van der Waals surface area contributed by atoms with Crippen LogP contribution in [0.1, 0.15) is 39.2 Å². The van der Waals surface area contributed by atoms with E-state index in [2.05, 4.69) is 28.6 Å². The van der Waals surface area contributed by atoms with Crippen LogP contribution in [-0.4, -0.2) is 20.5 Å². The maximum Gasteiger partial charge on any atom is 0.240 e. The largest absolute Gasteiger partial charge is 0.240 e. The number of nitrogens with zero attached hydrogens (tertiary/aromatic N) is 3. The van der Waals surface area contributed by atoms with Crippen molar-refractivity contribution in [2.75, 3.05) is 0 Å². The molecule has 1 saturated carbocycles. The third-order valence-corrected chi connectivity index (χ3v) is 6.51. The first-order chi connectivity index (χ1) is 11.3. The van der Waals surface area contributed by atoms with Gasteiger partial charge < -0.3 is 0 Å². The van der Waals surface area contributed by atoms with Crippen molar-refractivity contribution < 1.29 is 8.42 Å². The molecule has 0 spiro atoms. The molecular formula is C17H26N4O2S. The van der Waals surface area contributed by atoms with E-state index in [-0.39, 0.29) is 28.8 Å². The van der Waals surface area contributed by atoms with Crippen LogP contribution in [0.25, 0.3) is 10.4 Å². The molecule has 0 amide bonds. The van der Waals surface area contributed by atoms with E-state index in [1.807, 2.05) is 13.8 Å². The molecule has 2 rings (SSSR count). The molecule has 132 valence electrons. The highest BCUT2D eigenvalue weighted by molar-refractivity contribution is 7.89. The van der Waals surface area contributed by atoms with Crippen LogP contribution in [0.3, 0.4) is 0 Å². The third-order valence-electron chi connectivity index (χ3n) is 5.03. The van der Waals surface area contributed by atoms with E-state index in [9.17, 15) is 8.42 Å². The minimum atomic E-state index is -3.65. The van der Waals surface area contributed by atoms with Crippen molar-refractivity contribution in [1.82, 2.24) is 4.72 Å². The number of hydrogen-bond donors (Lipinski definition) is 1. The molecule has 0 aliphatic heterocycles. The van der Waals surface area contributed by atoms with Crippen LogP contribution in [0.15, 0.2) is 34.3 Å². The molecule has 0 bridgehead atoms. The summed E-state index contributed by atoms with van der Waals surface area (Å²) in [6.07, 6.45) is 1.87. The van der Waals surface area contributed by atoms with E-state index in [0.29, 0.717) is 5.92 Å². The monoisotopic (exact) mass is 350 g/mol. The van der Waals surface area contributed by atoms with Crippen molar-refractivity contribution in [3.05, 3.63) is 40.3 Å². The third kappa shape index (κ3) is 4.09. The van der Waals surface area contributed by atoms with Gasteiger partial charge in [-0.1, -0.05) is 43.6 Å². The summed E-state index contributed by atoms with van der Waals surface area (Å²) in [7, 11) is -3.65. The number of aryl methyl sites for hydroxylation is 1. The lowest BCUT2D eigenvalue weighted by atomic mass is 9.71. The summed E-state index contributed by atoms with van der Waals surface area (Å²) < 4.78 is 28.4. The fraction of sp³-hybridized carbons (Fsp3) is 0.647. The highest BCUT2D eigenvalue weighted by Crippen LogP contribution is 2.36. The standard InChI is InChI=1S/C17H26N4O2S/c1-11(2)15-10-7-13(4)16(19-21-18)17(15)20-24(22,23)14-8-5-12(3)6-9-14/h5-6,8-9,11,13,15-17,20H,7,10H2,1-4H3/t13-,15+,16-,17-/m1/s1. The highest BCUT2D eigenvalue weighted by atomic mass is 32.2. The molecule has 1 aromatic rings. The average molecular weight is 350 g/mol. The molecule has 24 heavy (non-hydrogen) atoms. The molecule has 4 atom stereocenters. The van der Waals surface area contributed by atoms with Crippen LogP contribution in [0.4, 0.5) is 0 Å². The summed E-state index contributed by atoms with van der Waals surface area (Å²) in [5, 5.41) is 3.92. The predicted molar refractivity (Wildman–Crippen MR) is 94.9 cm³/mol. The van der Waals surface area contributed by atoms with Crippen molar-refractivity contribution in [1.29, 1.82) is 0 Å². The van der Waals surface area contributed by atoms with Crippen LogP contribution >= 0.6 is 0 Å². The first-order valence-electron chi connectivity index (χ1n) is 8.39.